The van der Waals surface area contributed by atoms with E-state index in [1.165, 1.54) is 24.5 Å². The fraction of sp³-hybridized carbons (Fsp3) is 0.125. The topological polar surface area (TPSA) is 111 Å². The Kier molecular flexibility index (Phi) is 4.11. The minimum atomic E-state index is -0.515. The maximum absolute atomic E-state index is 12.1. The van der Waals surface area contributed by atoms with Crippen molar-refractivity contribution >= 4 is 11.6 Å². The van der Waals surface area contributed by atoms with E-state index >= 15 is 0 Å². The lowest BCUT2D eigenvalue weighted by atomic mass is 10.1. The second-order valence-electron chi connectivity index (χ2n) is 5.10. The molecular formula is C16H13N3O5. The van der Waals surface area contributed by atoms with Gasteiger partial charge in [0.15, 0.2) is 5.76 Å². The number of rotatable bonds is 5. The van der Waals surface area contributed by atoms with Crippen LogP contribution < -0.4 is 5.32 Å². The molecule has 1 N–H and O–H groups in total. The molecule has 0 saturated heterocycles. The molecule has 0 aliphatic heterocycles. The second-order valence-corrected chi connectivity index (χ2v) is 5.10. The highest BCUT2D eigenvalue weighted by Crippen LogP contribution is 2.21. The number of hydrogen-bond donors (Lipinski definition) is 1. The monoisotopic (exact) mass is 327 g/mol. The molecule has 2 heterocycles. The number of aryl methyl sites for hydroxylation is 1. The van der Waals surface area contributed by atoms with Gasteiger partial charge in [-0.3, -0.25) is 14.9 Å². The summed E-state index contributed by atoms with van der Waals surface area (Å²) >= 11 is 0. The first-order valence-corrected chi connectivity index (χ1v) is 7.07. The standard InChI is InChI=1S/C16H13N3O5/c1-10-4-5-11(7-13(10)19(21)22)16(20)17-9-12-8-15(24-18-12)14-3-2-6-23-14/h2-8H,9H2,1H3,(H,17,20). The van der Waals surface area contributed by atoms with Gasteiger partial charge in [-0.2, -0.15) is 0 Å². The van der Waals surface area contributed by atoms with Crippen molar-refractivity contribution in [1.29, 1.82) is 0 Å². The summed E-state index contributed by atoms with van der Waals surface area (Å²) in [5.74, 6) is 0.560. The molecule has 0 fully saturated rings. The molecule has 2 aromatic heterocycles. The van der Waals surface area contributed by atoms with Gasteiger partial charge in [0.05, 0.1) is 17.7 Å². The molecule has 0 saturated carbocycles. The molecule has 8 heteroatoms. The first kappa shape index (κ1) is 15.5. The van der Waals surface area contributed by atoms with E-state index in [-0.39, 0.29) is 17.8 Å². The van der Waals surface area contributed by atoms with Crippen molar-refractivity contribution in [3.05, 3.63) is 69.6 Å². The Balaban J connectivity index is 1.68. The molecule has 24 heavy (non-hydrogen) atoms. The lowest BCUT2D eigenvalue weighted by Crippen LogP contribution is -2.23. The average Bonchev–Trinajstić information content (AvgIpc) is 3.24. The van der Waals surface area contributed by atoms with Crippen LogP contribution in [0.4, 0.5) is 5.69 Å². The molecule has 0 atom stereocenters. The van der Waals surface area contributed by atoms with E-state index in [1.54, 1.807) is 25.1 Å². The molecule has 1 aromatic carbocycles. The Bertz CT molecular complexity index is 883. The van der Waals surface area contributed by atoms with Gasteiger partial charge in [-0.25, -0.2) is 0 Å². The molecule has 0 unspecified atom stereocenters. The molecule has 0 aliphatic rings. The summed E-state index contributed by atoms with van der Waals surface area (Å²) in [6.45, 7) is 1.75. The van der Waals surface area contributed by atoms with Crippen molar-refractivity contribution in [1.82, 2.24) is 10.5 Å². The number of nitrogens with zero attached hydrogens (tertiary/aromatic N) is 2. The largest absolute Gasteiger partial charge is 0.461 e. The number of amides is 1. The third-order valence-electron chi connectivity index (χ3n) is 3.42. The molecule has 0 bridgehead atoms. The molecular weight excluding hydrogens is 314 g/mol. The molecule has 0 spiro atoms. The van der Waals surface area contributed by atoms with Gasteiger partial charge in [-0.1, -0.05) is 11.2 Å². The lowest BCUT2D eigenvalue weighted by Gasteiger charge is -2.04. The maximum atomic E-state index is 12.1. The minimum Gasteiger partial charge on any atom is -0.461 e. The van der Waals surface area contributed by atoms with E-state index in [0.29, 0.717) is 22.8 Å². The number of carbonyl (C=O) groups is 1. The first-order chi connectivity index (χ1) is 11.5. The van der Waals surface area contributed by atoms with Crippen molar-refractivity contribution < 1.29 is 18.7 Å². The summed E-state index contributed by atoms with van der Waals surface area (Å²) in [6.07, 6.45) is 1.52. The Hall–Kier alpha value is -3.42. The maximum Gasteiger partial charge on any atom is 0.273 e. The van der Waals surface area contributed by atoms with Crippen LogP contribution in [-0.2, 0) is 6.54 Å². The van der Waals surface area contributed by atoms with Crippen molar-refractivity contribution in [3.63, 3.8) is 0 Å². The Labute approximate surface area is 136 Å². The fourth-order valence-electron chi connectivity index (χ4n) is 2.15. The number of hydrogen-bond acceptors (Lipinski definition) is 6. The zero-order chi connectivity index (χ0) is 17.1. The van der Waals surface area contributed by atoms with Crippen LogP contribution in [0.2, 0.25) is 0 Å². The van der Waals surface area contributed by atoms with E-state index in [9.17, 15) is 14.9 Å². The van der Waals surface area contributed by atoms with Crippen molar-refractivity contribution in [2.75, 3.05) is 0 Å². The zero-order valence-electron chi connectivity index (χ0n) is 12.7. The third-order valence-corrected chi connectivity index (χ3v) is 3.42. The van der Waals surface area contributed by atoms with Crippen molar-refractivity contribution in [3.8, 4) is 11.5 Å². The number of nitro groups is 1. The van der Waals surface area contributed by atoms with Gasteiger partial charge >= 0.3 is 0 Å². The van der Waals surface area contributed by atoms with E-state index < -0.39 is 10.8 Å². The van der Waals surface area contributed by atoms with Gasteiger partial charge in [0.25, 0.3) is 11.6 Å². The summed E-state index contributed by atoms with van der Waals surface area (Å²) in [4.78, 5) is 22.5. The van der Waals surface area contributed by atoms with Crippen LogP contribution in [0.5, 0.6) is 0 Å². The number of aromatic nitrogens is 1. The smallest absolute Gasteiger partial charge is 0.273 e. The zero-order valence-corrected chi connectivity index (χ0v) is 12.7. The molecule has 3 rings (SSSR count). The Morgan fingerprint density at radius 1 is 1.29 bits per heavy atom. The molecule has 0 radical (unpaired) electrons. The van der Waals surface area contributed by atoms with Gasteiger partial charge in [0, 0.05) is 23.3 Å². The van der Waals surface area contributed by atoms with Crippen LogP contribution >= 0.6 is 0 Å². The number of furan rings is 1. The van der Waals surface area contributed by atoms with E-state index in [4.69, 9.17) is 8.94 Å². The van der Waals surface area contributed by atoms with E-state index in [1.807, 2.05) is 0 Å². The van der Waals surface area contributed by atoms with E-state index in [2.05, 4.69) is 10.5 Å². The van der Waals surface area contributed by atoms with Gasteiger partial charge in [-0.15, -0.1) is 0 Å². The van der Waals surface area contributed by atoms with Crippen molar-refractivity contribution in [2.45, 2.75) is 13.5 Å². The summed E-state index contributed by atoms with van der Waals surface area (Å²) < 4.78 is 10.3. The van der Waals surface area contributed by atoms with E-state index in [0.717, 1.165) is 0 Å². The number of nitrogens with one attached hydrogen (secondary N) is 1. The van der Waals surface area contributed by atoms with Gasteiger partial charge in [0.2, 0.25) is 5.76 Å². The fourth-order valence-corrected chi connectivity index (χ4v) is 2.15. The number of carbonyl (C=O) groups excluding carboxylic acids is 1. The first-order valence-electron chi connectivity index (χ1n) is 7.07. The average molecular weight is 327 g/mol. The van der Waals surface area contributed by atoms with Crippen LogP contribution in [0, 0.1) is 17.0 Å². The summed E-state index contributed by atoms with van der Waals surface area (Å²) in [7, 11) is 0. The summed E-state index contributed by atoms with van der Waals surface area (Å²) in [5.41, 5.74) is 1.12. The van der Waals surface area contributed by atoms with Gasteiger partial charge < -0.3 is 14.3 Å². The quantitative estimate of drug-likeness (QED) is 0.569. The molecule has 3 aromatic rings. The van der Waals surface area contributed by atoms with Crippen LogP contribution in [0.3, 0.4) is 0 Å². The highest BCUT2D eigenvalue weighted by atomic mass is 16.6. The Morgan fingerprint density at radius 2 is 2.12 bits per heavy atom. The van der Waals surface area contributed by atoms with Crippen LogP contribution in [0.25, 0.3) is 11.5 Å². The third kappa shape index (κ3) is 3.17. The molecule has 122 valence electrons. The predicted molar refractivity (Wildman–Crippen MR) is 83.2 cm³/mol. The van der Waals surface area contributed by atoms with Crippen LogP contribution in [0.1, 0.15) is 21.6 Å². The Morgan fingerprint density at radius 3 is 2.83 bits per heavy atom. The van der Waals surface area contributed by atoms with Crippen LogP contribution in [-0.4, -0.2) is 16.0 Å². The normalized spacial score (nSPS) is 10.5. The second kappa shape index (κ2) is 6.37. The number of benzene rings is 1. The molecule has 1 amide bonds. The highest BCUT2D eigenvalue weighted by molar-refractivity contribution is 5.94. The summed E-state index contributed by atoms with van der Waals surface area (Å²) in [6, 6.07) is 9.43. The lowest BCUT2D eigenvalue weighted by molar-refractivity contribution is -0.385. The molecule has 8 nitrogen and oxygen atoms in total. The SMILES string of the molecule is Cc1ccc(C(=O)NCc2cc(-c3ccco3)on2)cc1[N+](=O)[O-]. The van der Waals surface area contributed by atoms with Crippen LogP contribution in [0.15, 0.2) is 51.6 Å². The highest BCUT2D eigenvalue weighted by Gasteiger charge is 2.15. The minimum absolute atomic E-state index is 0.0933. The summed E-state index contributed by atoms with van der Waals surface area (Å²) in [5, 5.41) is 17.4. The van der Waals surface area contributed by atoms with Gasteiger partial charge in [0.1, 0.15) is 5.69 Å². The molecule has 0 aliphatic carbocycles. The predicted octanol–water partition coefficient (Wildman–Crippen LogP) is 3.08. The van der Waals surface area contributed by atoms with Gasteiger partial charge in [-0.05, 0) is 25.1 Å². The van der Waals surface area contributed by atoms with Crippen molar-refractivity contribution in [2.24, 2.45) is 0 Å². The number of nitro benzene ring substituents is 1.